The minimum Gasteiger partial charge on any atom is -0.496 e. The van der Waals surface area contributed by atoms with Crippen LogP contribution in [0.3, 0.4) is 0 Å². The lowest BCUT2D eigenvalue weighted by Gasteiger charge is -2.10. The molecule has 0 unspecified atom stereocenters. The molecule has 5 nitrogen and oxygen atoms in total. The molecule has 0 heterocycles. The zero-order valence-corrected chi connectivity index (χ0v) is 21.1. The summed E-state index contributed by atoms with van der Waals surface area (Å²) in [7, 11) is 1.53. The summed E-state index contributed by atoms with van der Waals surface area (Å²) in [6.45, 7) is 0.297. The highest BCUT2D eigenvalue weighted by molar-refractivity contribution is 9.10. The Labute approximate surface area is 215 Å². The number of benzene rings is 4. The number of hydrazone groups is 1. The van der Waals surface area contributed by atoms with E-state index in [1.807, 2.05) is 54.6 Å². The van der Waals surface area contributed by atoms with Crippen molar-refractivity contribution in [2.75, 3.05) is 7.11 Å². The van der Waals surface area contributed by atoms with Crippen molar-refractivity contribution in [1.82, 2.24) is 5.43 Å². The first-order chi connectivity index (χ1) is 16.4. The van der Waals surface area contributed by atoms with E-state index in [2.05, 4.69) is 26.5 Å². The van der Waals surface area contributed by atoms with Gasteiger partial charge in [-0.15, -0.1) is 0 Å². The van der Waals surface area contributed by atoms with Crippen molar-refractivity contribution < 1.29 is 14.3 Å². The van der Waals surface area contributed by atoms with Crippen LogP contribution in [0.15, 0.2) is 82.4 Å². The molecule has 0 radical (unpaired) electrons. The van der Waals surface area contributed by atoms with E-state index < -0.39 is 0 Å². The zero-order valence-electron chi connectivity index (χ0n) is 18.0. The summed E-state index contributed by atoms with van der Waals surface area (Å²) in [5.74, 6) is 0.766. The van der Waals surface area contributed by atoms with Crippen LogP contribution in [0, 0.1) is 0 Å². The Kier molecular flexibility index (Phi) is 7.73. The number of carbonyl (C=O) groups is 1. The average molecular weight is 558 g/mol. The summed E-state index contributed by atoms with van der Waals surface area (Å²) in [5, 5.41) is 7.14. The van der Waals surface area contributed by atoms with Gasteiger partial charge in [0, 0.05) is 15.6 Å². The van der Waals surface area contributed by atoms with Gasteiger partial charge < -0.3 is 9.47 Å². The monoisotopic (exact) mass is 556 g/mol. The molecule has 0 atom stereocenters. The standard InChI is InChI=1S/C26H19BrCl2N2O3/c1-33-25-12-18-5-3-2-4-17(18)11-21(25)26(32)31-30-14-16-6-9-24(22(27)10-16)34-15-19-7-8-20(28)13-23(19)29/h2-14H,15H2,1H3,(H,31,32)/b30-14-. The molecule has 1 amide bonds. The number of methoxy groups -OCH3 is 1. The number of amides is 1. The number of nitrogens with one attached hydrogen (secondary N) is 1. The van der Waals surface area contributed by atoms with Crippen molar-refractivity contribution in [2.45, 2.75) is 6.61 Å². The lowest BCUT2D eigenvalue weighted by molar-refractivity contribution is 0.0952. The highest BCUT2D eigenvalue weighted by atomic mass is 79.9. The van der Waals surface area contributed by atoms with Crippen molar-refractivity contribution in [1.29, 1.82) is 0 Å². The molecule has 0 bridgehead atoms. The maximum Gasteiger partial charge on any atom is 0.275 e. The molecule has 172 valence electrons. The van der Waals surface area contributed by atoms with E-state index >= 15 is 0 Å². The van der Waals surface area contributed by atoms with Crippen LogP contribution < -0.4 is 14.9 Å². The van der Waals surface area contributed by atoms with Gasteiger partial charge in [-0.25, -0.2) is 5.43 Å². The first-order valence-corrected chi connectivity index (χ1v) is 11.8. The first-order valence-electron chi connectivity index (χ1n) is 10.2. The fourth-order valence-electron chi connectivity index (χ4n) is 3.30. The minimum atomic E-state index is -0.363. The van der Waals surface area contributed by atoms with Crippen LogP contribution in [0.25, 0.3) is 10.8 Å². The Morgan fingerprint density at radius 3 is 2.47 bits per heavy atom. The first kappa shape index (κ1) is 24.1. The fraction of sp³-hybridized carbons (Fsp3) is 0.0769. The van der Waals surface area contributed by atoms with Crippen LogP contribution in [0.2, 0.25) is 10.0 Å². The molecule has 8 heteroatoms. The molecule has 0 aromatic heterocycles. The molecule has 34 heavy (non-hydrogen) atoms. The molecular formula is C26H19BrCl2N2O3. The molecule has 4 rings (SSSR count). The van der Waals surface area contributed by atoms with Crippen LogP contribution in [0.4, 0.5) is 0 Å². The van der Waals surface area contributed by atoms with E-state index in [0.29, 0.717) is 33.7 Å². The molecule has 0 fully saturated rings. The SMILES string of the molecule is COc1cc2ccccc2cc1C(=O)N/N=C\c1ccc(OCc2ccc(Cl)cc2Cl)c(Br)c1. The van der Waals surface area contributed by atoms with E-state index in [-0.39, 0.29) is 5.91 Å². The maximum atomic E-state index is 12.7. The molecule has 4 aromatic rings. The van der Waals surface area contributed by atoms with Crippen molar-refractivity contribution in [3.8, 4) is 11.5 Å². The normalized spacial score (nSPS) is 11.1. The summed E-state index contributed by atoms with van der Waals surface area (Å²) in [4.78, 5) is 12.7. The van der Waals surface area contributed by atoms with Gasteiger partial charge in [0.1, 0.15) is 18.1 Å². The van der Waals surface area contributed by atoms with E-state index in [4.69, 9.17) is 32.7 Å². The van der Waals surface area contributed by atoms with E-state index in [9.17, 15) is 4.79 Å². The predicted octanol–water partition coefficient (Wildman–Crippen LogP) is 7.26. The summed E-state index contributed by atoms with van der Waals surface area (Å²) < 4.78 is 12.0. The molecule has 0 saturated carbocycles. The number of fused-ring (bicyclic) bond motifs is 1. The maximum absolute atomic E-state index is 12.7. The van der Waals surface area contributed by atoms with Crippen LogP contribution in [-0.4, -0.2) is 19.2 Å². The predicted molar refractivity (Wildman–Crippen MR) is 140 cm³/mol. The second-order valence-electron chi connectivity index (χ2n) is 7.31. The van der Waals surface area contributed by atoms with E-state index in [1.54, 1.807) is 24.4 Å². The van der Waals surface area contributed by atoms with Crippen molar-refractivity contribution in [2.24, 2.45) is 5.10 Å². The van der Waals surface area contributed by atoms with E-state index in [0.717, 1.165) is 26.4 Å². The van der Waals surface area contributed by atoms with Gasteiger partial charge in [-0.2, -0.15) is 5.10 Å². The number of ether oxygens (including phenoxy) is 2. The Morgan fingerprint density at radius 1 is 1.00 bits per heavy atom. The largest absolute Gasteiger partial charge is 0.496 e. The molecule has 1 N–H and O–H groups in total. The Balaban J connectivity index is 1.41. The Morgan fingerprint density at radius 2 is 1.76 bits per heavy atom. The number of halogens is 3. The van der Waals surface area contributed by atoms with Gasteiger partial charge in [0.25, 0.3) is 5.91 Å². The molecule has 4 aromatic carbocycles. The second-order valence-corrected chi connectivity index (χ2v) is 9.01. The molecule has 0 aliphatic carbocycles. The van der Waals surface area contributed by atoms with Gasteiger partial charge in [0.05, 0.1) is 23.4 Å². The lowest BCUT2D eigenvalue weighted by Crippen LogP contribution is -2.18. The highest BCUT2D eigenvalue weighted by Gasteiger charge is 2.13. The molecule has 0 aliphatic heterocycles. The number of hydrogen-bond acceptors (Lipinski definition) is 4. The molecule has 0 saturated heterocycles. The van der Waals surface area contributed by atoms with Crippen LogP contribution in [-0.2, 0) is 6.61 Å². The molecule has 0 aliphatic rings. The summed E-state index contributed by atoms with van der Waals surface area (Å²) in [5.41, 5.74) is 4.57. The Bertz CT molecular complexity index is 1390. The topological polar surface area (TPSA) is 59.9 Å². The van der Waals surface area contributed by atoms with Gasteiger partial charge in [-0.1, -0.05) is 53.5 Å². The number of rotatable bonds is 7. The smallest absolute Gasteiger partial charge is 0.275 e. The van der Waals surface area contributed by atoms with Crippen molar-refractivity contribution in [3.05, 3.63) is 104 Å². The number of nitrogens with zero attached hydrogens (tertiary/aromatic N) is 1. The second kappa shape index (κ2) is 10.9. The number of carbonyl (C=O) groups excluding carboxylic acids is 1. The van der Waals surface area contributed by atoms with Crippen molar-refractivity contribution >= 4 is 62.0 Å². The quantitative estimate of drug-likeness (QED) is 0.192. The van der Waals surface area contributed by atoms with E-state index in [1.165, 1.54) is 7.11 Å². The van der Waals surface area contributed by atoms with Gasteiger partial charge >= 0.3 is 0 Å². The third-order valence-electron chi connectivity index (χ3n) is 5.05. The van der Waals surface area contributed by atoms with Gasteiger partial charge in [0.15, 0.2) is 0 Å². The minimum absolute atomic E-state index is 0.297. The van der Waals surface area contributed by atoms with Crippen LogP contribution in [0.1, 0.15) is 21.5 Å². The highest BCUT2D eigenvalue weighted by Crippen LogP contribution is 2.29. The Hall–Kier alpha value is -3.06. The van der Waals surface area contributed by atoms with Crippen LogP contribution >= 0.6 is 39.1 Å². The molecular weight excluding hydrogens is 539 g/mol. The van der Waals surface area contributed by atoms with Gasteiger partial charge in [-0.3, -0.25) is 4.79 Å². The lowest BCUT2D eigenvalue weighted by atomic mass is 10.1. The van der Waals surface area contributed by atoms with Crippen molar-refractivity contribution in [3.63, 3.8) is 0 Å². The third kappa shape index (κ3) is 5.70. The zero-order chi connectivity index (χ0) is 24.1. The fourth-order valence-corrected chi connectivity index (χ4v) is 4.27. The number of hydrogen-bond donors (Lipinski definition) is 1. The third-order valence-corrected chi connectivity index (χ3v) is 6.25. The molecule has 0 spiro atoms. The van der Waals surface area contributed by atoms with Crippen LogP contribution in [0.5, 0.6) is 11.5 Å². The average Bonchev–Trinajstić information content (AvgIpc) is 2.83. The van der Waals surface area contributed by atoms with Gasteiger partial charge in [-0.05, 0) is 74.7 Å². The summed E-state index contributed by atoms with van der Waals surface area (Å²) >= 11 is 15.6. The summed E-state index contributed by atoms with van der Waals surface area (Å²) in [6.07, 6.45) is 1.55. The summed E-state index contributed by atoms with van der Waals surface area (Å²) in [6, 6.07) is 22.1. The van der Waals surface area contributed by atoms with Gasteiger partial charge in [0.2, 0.25) is 0 Å².